The molecule has 0 saturated heterocycles. The molecule has 0 aliphatic rings. The molecule has 1 aromatic heterocycles. The van der Waals surface area contributed by atoms with Gasteiger partial charge in [0.1, 0.15) is 0 Å². The van der Waals surface area contributed by atoms with E-state index >= 15 is 0 Å². The fraction of sp³-hybridized carbons (Fsp3) is 0.286. The third-order valence-electron chi connectivity index (χ3n) is 1.04. The Morgan fingerprint density at radius 3 is 2.67 bits per heavy atom. The van der Waals surface area contributed by atoms with E-state index in [0.717, 1.165) is 5.69 Å². The van der Waals surface area contributed by atoms with Crippen LogP contribution in [-0.4, -0.2) is 19.1 Å². The van der Waals surface area contributed by atoms with E-state index in [0.29, 0.717) is 0 Å². The fourth-order valence-electron chi connectivity index (χ4n) is 0.537. The summed E-state index contributed by atoms with van der Waals surface area (Å²) in [6.07, 6.45) is 4.33. The van der Waals surface area contributed by atoms with Crippen LogP contribution in [-0.2, 0) is 0 Å². The van der Waals surface area contributed by atoms with Crippen LogP contribution in [0.25, 0.3) is 0 Å². The van der Waals surface area contributed by atoms with Gasteiger partial charge >= 0.3 is 0 Å². The lowest BCUT2D eigenvalue weighted by atomic mass is 10.4. The van der Waals surface area contributed by atoms with Gasteiger partial charge in [0, 0.05) is 26.5 Å². The van der Waals surface area contributed by atoms with Gasteiger partial charge in [0.05, 0.1) is 5.69 Å². The first-order valence-corrected chi connectivity index (χ1v) is 2.72. The summed E-state index contributed by atoms with van der Waals surface area (Å²) in [7, 11) is 3.92. The fourth-order valence-corrected chi connectivity index (χ4v) is 0.537. The maximum absolute atomic E-state index is 3.72. The zero-order valence-electron chi connectivity index (χ0n) is 5.55. The second kappa shape index (κ2) is 2.36. The molecule has 2 nitrogen and oxygen atoms in total. The average molecular weight is 120 g/mol. The summed E-state index contributed by atoms with van der Waals surface area (Å²) < 4.78 is 0. The quantitative estimate of drug-likeness (QED) is 0.543. The molecule has 0 fully saturated rings. The Morgan fingerprint density at radius 2 is 2.33 bits per heavy atom. The lowest BCUT2D eigenvalue weighted by Crippen LogP contribution is -2.07. The van der Waals surface area contributed by atoms with Gasteiger partial charge in [-0.05, 0) is 12.1 Å². The van der Waals surface area contributed by atoms with Crippen LogP contribution < -0.4 is 4.90 Å². The van der Waals surface area contributed by atoms with Crippen LogP contribution in [0.2, 0.25) is 0 Å². The van der Waals surface area contributed by atoms with Crippen LogP contribution in [0.5, 0.6) is 0 Å². The summed E-state index contributed by atoms with van der Waals surface area (Å²) in [4.78, 5) is 5.68. The van der Waals surface area contributed by atoms with Crippen molar-refractivity contribution in [3.05, 3.63) is 24.5 Å². The first-order valence-electron chi connectivity index (χ1n) is 2.72. The Kier molecular flexibility index (Phi) is 1.55. The van der Waals surface area contributed by atoms with Crippen molar-refractivity contribution in [2.24, 2.45) is 0 Å². The summed E-state index contributed by atoms with van der Waals surface area (Å²) in [6, 6.07) is 4.74. The number of anilines is 1. The molecule has 0 aromatic carbocycles. The molecule has 0 saturated carbocycles. The van der Waals surface area contributed by atoms with Gasteiger partial charge in [-0.3, -0.25) is 0 Å². The van der Waals surface area contributed by atoms with Gasteiger partial charge in [-0.25, -0.2) is 4.98 Å². The molecule has 2 heteroatoms. The Balaban J connectivity index is 2.85. The van der Waals surface area contributed by atoms with Crippen molar-refractivity contribution in [3.63, 3.8) is 0 Å². The molecular weight excluding hydrogens is 112 g/mol. The molecule has 0 amide bonds. The molecule has 9 heavy (non-hydrogen) atoms. The Labute approximate surface area is 55.1 Å². The van der Waals surface area contributed by atoms with Crippen LogP contribution >= 0.6 is 0 Å². The number of aromatic nitrogens is 1. The smallest absolute Gasteiger partial charge is 0.0909 e. The van der Waals surface area contributed by atoms with Gasteiger partial charge in [-0.2, -0.15) is 0 Å². The van der Waals surface area contributed by atoms with E-state index in [1.807, 2.05) is 25.1 Å². The zero-order chi connectivity index (χ0) is 6.69. The van der Waals surface area contributed by atoms with Gasteiger partial charge in [0.2, 0.25) is 0 Å². The summed E-state index contributed by atoms with van der Waals surface area (Å²) in [5.41, 5.74) is 1.00. The summed E-state index contributed by atoms with van der Waals surface area (Å²) in [5.74, 6) is 0. The zero-order valence-corrected chi connectivity index (χ0v) is 5.55. The molecule has 46 valence electrons. The lowest BCUT2D eigenvalue weighted by molar-refractivity contribution is 1.12. The third kappa shape index (κ3) is 1.33. The predicted molar refractivity (Wildman–Crippen MR) is 36.2 cm³/mol. The minimum atomic E-state index is 1.00. The molecule has 0 bridgehead atoms. The maximum atomic E-state index is 3.72. The average Bonchev–Trinajstić information content (AvgIpc) is 1.90. The van der Waals surface area contributed by atoms with Crippen molar-refractivity contribution in [2.45, 2.75) is 0 Å². The second-order valence-corrected chi connectivity index (χ2v) is 1.96. The molecule has 0 spiro atoms. The van der Waals surface area contributed by atoms with Gasteiger partial charge in [-0.1, -0.05) is 0 Å². The highest BCUT2D eigenvalue weighted by Crippen LogP contribution is 2.01. The SMILES string of the molecule is CN(C)c1c#cncc1. The normalized spacial score (nSPS) is 8.22. The van der Waals surface area contributed by atoms with Crippen molar-refractivity contribution in [1.29, 1.82) is 0 Å². The maximum Gasteiger partial charge on any atom is 0.0909 e. The molecule has 0 radical (unpaired) electrons. The first-order chi connectivity index (χ1) is 4.30. The Morgan fingerprint density at radius 1 is 1.56 bits per heavy atom. The van der Waals surface area contributed by atoms with E-state index in [1.165, 1.54) is 0 Å². The first kappa shape index (κ1) is 5.90. The van der Waals surface area contributed by atoms with Crippen molar-refractivity contribution >= 4 is 5.69 Å². The highest BCUT2D eigenvalue weighted by molar-refractivity contribution is 5.38. The van der Waals surface area contributed by atoms with E-state index in [4.69, 9.17) is 0 Å². The van der Waals surface area contributed by atoms with Crippen molar-refractivity contribution in [3.8, 4) is 0 Å². The largest absolute Gasteiger partial charge is 0.371 e. The van der Waals surface area contributed by atoms with Gasteiger partial charge in [0.25, 0.3) is 0 Å². The predicted octanol–water partition coefficient (Wildman–Crippen LogP) is 0.748. The minimum Gasteiger partial charge on any atom is -0.371 e. The topological polar surface area (TPSA) is 16.1 Å². The molecule has 1 heterocycles. The van der Waals surface area contributed by atoms with Crippen LogP contribution in [0.3, 0.4) is 0 Å². The van der Waals surface area contributed by atoms with E-state index in [9.17, 15) is 0 Å². The van der Waals surface area contributed by atoms with Gasteiger partial charge in [0.15, 0.2) is 0 Å². The summed E-state index contributed by atoms with van der Waals surface area (Å²) in [6.45, 7) is 0. The van der Waals surface area contributed by atoms with E-state index < -0.39 is 0 Å². The number of nitrogens with zero attached hydrogens (tertiary/aromatic N) is 2. The van der Waals surface area contributed by atoms with Gasteiger partial charge in [-0.15, -0.1) is 0 Å². The molecule has 0 aliphatic carbocycles. The van der Waals surface area contributed by atoms with Crippen LogP contribution in [0.15, 0.2) is 12.3 Å². The molecule has 0 unspecified atom stereocenters. The molecule has 0 aliphatic heterocycles. The molecular formula is C7H8N2. The monoisotopic (exact) mass is 120 g/mol. The Bertz CT molecular complexity index is 170. The van der Waals surface area contributed by atoms with E-state index in [-0.39, 0.29) is 0 Å². The van der Waals surface area contributed by atoms with Crippen LogP contribution in [0, 0.1) is 12.3 Å². The number of rotatable bonds is 1. The second-order valence-electron chi connectivity index (χ2n) is 1.96. The van der Waals surface area contributed by atoms with Crippen molar-refractivity contribution < 1.29 is 0 Å². The summed E-state index contributed by atoms with van der Waals surface area (Å²) in [5, 5.41) is 0. The lowest BCUT2D eigenvalue weighted by Gasteiger charge is -2.07. The number of hydrogen-bond donors (Lipinski definition) is 0. The summed E-state index contributed by atoms with van der Waals surface area (Å²) >= 11 is 0. The van der Waals surface area contributed by atoms with E-state index in [1.54, 1.807) is 6.20 Å². The van der Waals surface area contributed by atoms with Gasteiger partial charge < -0.3 is 4.90 Å². The third-order valence-corrected chi connectivity index (χ3v) is 1.04. The van der Waals surface area contributed by atoms with Crippen LogP contribution in [0.1, 0.15) is 0 Å². The van der Waals surface area contributed by atoms with Crippen LogP contribution in [0.4, 0.5) is 5.69 Å². The highest BCUT2D eigenvalue weighted by atomic mass is 15.1. The van der Waals surface area contributed by atoms with E-state index in [2.05, 4.69) is 17.2 Å². The highest BCUT2D eigenvalue weighted by Gasteiger charge is 1.87. The van der Waals surface area contributed by atoms with Crippen molar-refractivity contribution in [2.75, 3.05) is 19.0 Å². The Hall–Kier alpha value is -1.23. The number of hydrogen-bond acceptors (Lipinski definition) is 2. The molecule has 0 atom stereocenters. The van der Waals surface area contributed by atoms with Crippen molar-refractivity contribution in [1.82, 2.24) is 4.98 Å². The molecule has 1 aromatic rings. The molecule has 1 rings (SSSR count). The standard InChI is InChI=1S/C7H8N2/c1-9(2)7-3-5-8-6-4-7/h3,5H,1-2H3. The molecule has 0 N–H and O–H groups in total. The minimum absolute atomic E-state index is 1.00.